The Hall–Kier alpha value is -2.11. The topological polar surface area (TPSA) is 46.6 Å². The van der Waals surface area contributed by atoms with Crippen molar-refractivity contribution in [2.45, 2.75) is 38.8 Å². The minimum atomic E-state index is 0.572. The van der Waals surface area contributed by atoms with E-state index in [0.717, 1.165) is 37.7 Å². The lowest BCUT2D eigenvalue weighted by Crippen LogP contribution is -2.24. The van der Waals surface area contributed by atoms with Crippen LogP contribution >= 0.6 is 0 Å². The maximum absolute atomic E-state index is 5.66. The zero-order chi connectivity index (χ0) is 18.7. The van der Waals surface area contributed by atoms with Gasteiger partial charge in [0.1, 0.15) is 18.2 Å². The van der Waals surface area contributed by atoms with Crippen LogP contribution in [0.1, 0.15) is 36.8 Å². The van der Waals surface area contributed by atoms with Crippen LogP contribution in [-0.2, 0) is 17.8 Å². The molecule has 0 bridgehead atoms. The van der Waals surface area contributed by atoms with Crippen LogP contribution in [0.2, 0.25) is 0 Å². The highest BCUT2D eigenvalue weighted by atomic mass is 16.5. The monoisotopic (exact) mass is 369 g/mol. The van der Waals surface area contributed by atoms with Crippen LogP contribution in [0.5, 0.6) is 5.75 Å². The van der Waals surface area contributed by atoms with Gasteiger partial charge >= 0.3 is 0 Å². The normalized spacial score (nSPS) is 14.8. The van der Waals surface area contributed by atoms with E-state index < -0.39 is 0 Å². The molecule has 1 aromatic carbocycles. The summed E-state index contributed by atoms with van der Waals surface area (Å²) in [6.45, 7) is 5.05. The minimum absolute atomic E-state index is 0.572. The van der Waals surface area contributed by atoms with Gasteiger partial charge in [-0.1, -0.05) is 31.0 Å². The Balaban J connectivity index is 1.45. The molecule has 1 N–H and O–H groups in total. The van der Waals surface area contributed by atoms with Crippen LogP contribution in [-0.4, -0.2) is 38.4 Å². The largest absolute Gasteiger partial charge is 0.491 e. The molecule has 3 rings (SSSR count). The number of benzene rings is 1. The van der Waals surface area contributed by atoms with E-state index >= 15 is 0 Å². The zero-order valence-corrected chi connectivity index (χ0v) is 16.3. The molecular formula is C22H31N3O2. The van der Waals surface area contributed by atoms with Gasteiger partial charge in [0.2, 0.25) is 0 Å². The summed E-state index contributed by atoms with van der Waals surface area (Å²) >= 11 is 0. The number of nitrogens with one attached hydrogen (secondary N) is 1. The van der Waals surface area contributed by atoms with Gasteiger partial charge in [-0.3, -0.25) is 0 Å². The lowest BCUT2D eigenvalue weighted by atomic mass is 10.2. The van der Waals surface area contributed by atoms with Gasteiger partial charge in [0.15, 0.2) is 0 Å². The second-order valence-electron chi connectivity index (χ2n) is 7.02. The Morgan fingerprint density at radius 2 is 1.78 bits per heavy atom. The molecule has 2 heterocycles. The fraction of sp³-hybridized carbons (Fsp3) is 0.500. The van der Waals surface area contributed by atoms with E-state index in [1.165, 1.54) is 36.8 Å². The molecular weight excluding hydrogens is 338 g/mol. The number of aromatic nitrogens is 1. The molecule has 27 heavy (non-hydrogen) atoms. The number of methoxy groups -OCH3 is 1. The number of hydrogen-bond acceptors (Lipinski definition) is 5. The molecule has 1 fully saturated rings. The molecule has 1 saturated heterocycles. The van der Waals surface area contributed by atoms with Crippen LogP contribution in [0.15, 0.2) is 42.6 Å². The average Bonchev–Trinajstić information content (AvgIpc) is 2.99. The van der Waals surface area contributed by atoms with E-state index in [9.17, 15) is 0 Å². The van der Waals surface area contributed by atoms with Gasteiger partial charge < -0.3 is 19.7 Å². The van der Waals surface area contributed by atoms with Crippen molar-refractivity contribution in [3.63, 3.8) is 0 Å². The van der Waals surface area contributed by atoms with Gasteiger partial charge in [-0.2, -0.15) is 0 Å². The first kappa shape index (κ1) is 19.6. The van der Waals surface area contributed by atoms with Crippen molar-refractivity contribution in [2.24, 2.45) is 0 Å². The first-order valence-electron chi connectivity index (χ1n) is 9.96. The molecule has 0 unspecified atom stereocenters. The highest BCUT2D eigenvalue weighted by Crippen LogP contribution is 2.17. The van der Waals surface area contributed by atoms with Gasteiger partial charge in [0.05, 0.1) is 6.61 Å². The molecule has 1 aliphatic heterocycles. The Morgan fingerprint density at radius 3 is 2.52 bits per heavy atom. The van der Waals surface area contributed by atoms with E-state index in [0.29, 0.717) is 13.2 Å². The first-order valence-corrected chi connectivity index (χ1v) is 9.96. The van der Waals surface area contributed by atoms with Crippen molar-refractivity contribution in [1.82, 2.24) is 10.3 Å². The lowest BCUT2D eigenvalue weighted by molar-refractivity contribution is 0.146. The molecule has 1 aliphatic rings. The van der Waals surface area contributed by atoms with E-state index in [4.69, 9.17) is 9.47 Å². The van der Waals surface area contributed by atoms with Gasteiger partial charge in [-0.05, 0) is 42.2 Å². The minimum Gasteiger partial charge on any atom is -0.491 e. The molecule has 0 radical (unpaired) electrons. The quantitative estimate of drug-likeness (QED) is 0.682. The lowest BCUT2D eigenvalue weighted by Gasteiger charge is -2.21. The molecule has 0 spiro atoms. The Bertz CT molecular complexity index is 668. The van der Waals surface area contributed by atoms with E-state index in [-0.39, 0.29) is 0 Å². The molecule has 5 heteroatoms. The van der Waals surface area contributed by atoms with Crippen LogP contribution in [0.25, 0.3) is 0 Å². The first-order chi connectivity index (χ1) is 13.3. The Kier molecular flexibility index (Phi) is 7.93. The predicted molar refractivity (Wildman–Crippen MR) is 109 cm³/mol. The summed E-state index contributed by atoms with van der Waals surface area (Å²) in [7, 11) is 1.68. The van der Waals surface area contributed by atoms with Crippen LogP contribution < -0.4 is 15.0 Å². The molecule has 0 aliphatic carbocycles. The molecule has 0 atom stereocenters. The number of anilines is 1. The summed E-state index contributed by atoms with van der Waals surface area (Å²) in [5, 5.41) is 3.49. The Labute approximate surface area is 162 Å². The van der Waals surface area contributed by atoms with Crippen molar-refractivity contribution in [3.8, 4) is 5.75 Å². The van der Waals surface area contributed by atoms with Gasteiger partial charge in [0, 0.05) is 39.5 Å². The maximum Gasteiger partial charge on any atom is 0.128 e. The molecule has 0 amide bonds. The standard InChI is InChI=1S/C22H31N3O2/c1-26-13-14-27-21-8-6-7-19(15-21)16-23-17-20-9-10-22(24-18-20)25-11-4-2-3-5-12-25/h6-10,15,18,23H,2-5,11-14,16-17H2,1H3. The van der Waals surface area contributed by atoms with Crippen molar-refractivity contribution in [1.29, 1.82) is 0 Å². The summed E-state index contributed by atoms with van der Waals surface area (Å²) in [6, 6.07) is 12.5. The van der Waals surface area contributed by atoms with Crippen molar-refractivity contribution in [3.05, 3.63) is 53.7 Å². The highest BCUT2D eigenvalue weighted by Gasteiger charge is 2.10. The number of ether oxygens (including phenoxy) is 2. The van der Waals surface area contributed by atoms with Gasteiger partial charge in [-0.15, -0.1) is 0 Å². The third-order valence-electron chi connectivity index (χ3n) is 4.85. The summed E-state index contributed by atoms with van der Waals surface area (Å²) in [4.78, 5) is 7.10. The molecule has 0 saturated carbocycles. The number of nitrogens with zero attached hydrogens (tertiary/aromatic N) is 2. The fourth-order valence-corrected chi connectivity index (χ4v) is 3.35. The summed E-state index contributed by atoms with van der Waals surface area (Å²) in [6.07, 6.45) is 7.24. The second kappa shape index (κ2) is 10.9. The number of rotatable bonds is 9. The van der Waals surface area contributed by atoms with Gasteiger partial charge in [-0.25, -0.2) is 4.98 Å². The van der Waals surface area contributed by atoms with Crippen molar-refractivity contribution >= 4 is 5.82 Å². The fourth-order valence-electron chi connectivity index (χ4n) is 3.35. The zero-order valence-electron chi connectivity index (χ0n) is 16.3. The van der Waals surface area contributed by atoms with Crippen LogP contribution in [0.3, 0.4) is 0 Å². The summed E-state index contributed by atoms with van der Waals surface area (Å²) in [5.41, 5.74) is 2.42. The predicted octanol–water partition coefficient (Wildman–Crippen LogP) is 3.78. The number of pyridine rings is 1. The second-order valence-corrected chi connectivity index (χ2v) is 7.02. The van der Waals surface area contributed by atoms with E-state index in [1.807, 2.05) is 18.3 Å². The summed E-state index contributed by atoms with van der Waals surface area (Å²) < 4.78 is 10.7. The van der Waals surface area contributed by atoms with Gasteiger partial charge in [0.25, 0.3) is 0 Å². The highest BCUT2D eigenvalue weighted by molar-refractivity contribution is 5.39. The molecule has 5 nitrogen and oxygen atoms in total. The number of hydrogen-bond donors (Lipinski definition) is 1. The summed E-state index contributed by atoms with van der Waals surface area (Å²) in [5.74, 6) is 2.00. The van der Waals surface area contributed by atoms with E-state index in [2.05, 4.69) is 39.5 Å². The van der Waals surface area contributed by atoms with Crippen LogP contribution in [0, 0.1) is 0 Å². The van der Waals surface area contributed by atoms with E-state index in [1.54, 1.807) is 7.11 Å². The molecule has 2 aromatic rings. The molecule has 1 aromatic heterocycles. The Morgan fingerprint density at radius 1 is 0.963 bits per heavy atom. The van der Waals surface area contributed by atoms with Crippen molar-refractivity contribution < 1.29 is 9.47 Å². The third-order valence-corrected chi connectivity index (χ3v) is 4.85. The maximum atomic E-state index is 5.66. The molecule has 146 valence electrons. The van der Waals surface area contributed by atoms with Crippen molar-refractivity contribution in [2.75, 3.05) is 38.3 Å². The third kappa shape index (κ3) is 6.52. The van der Waals surface area contributed by atoms with Crippen LogP contribution in [0.4, 0.5) is 5.82 Å². The SMILES string of the molecule is COCCOc1cccc(CNCc2ccc(N3CCCCCC3)nc2)c1. The smallest absolute Gasteiger partial charge is 0.128 e. The average molecular weight is 370 g/mol.